The molecule has 0 radical (unpaired) electrons. The maximum absolute atomic E-state index is 12.4. The highest BCUT2D eigenvalue weighted by atomic mass is 19.4. The Kier molecular flexibility index (Phi) is 6.50. The molecule has 0 saturated carbocycles. The zero-order valence-electron chi connectivity index (χ0n) is 14.8. The first-order chi connectivity index (χ1) is 12.1. The van der Waals surface area contributed by atoms with Crippen molar-refractivity contribution in [2.24, 2.45) is 11.8 Å². The summed E-state index contributed by atoms with van der Waals surface area (Å²) in [6, 6.07) is 7.22. The molecule has 1 unspecified atom stereocenters. The molecule has 8 heteroatoms. The van der Waals surface area contributed by atoms with Gasteiger partial charge in [-0.3, -0.25) is 9.59 Å². The van der Waals surface area contributed by atoms with Crippen molar-refractivity contribution in [1.29, 1.82) is 0 Å². The van der Waals surface area contributed by atoms with Gasteiger partial charge < -0.3 is 15.0 Å². The van der Waals surface area contributed by atoms with Crippen LogP contribution in [0.4, 0.5) is 13.2 Å². The second-order valence-corrected chi connectivity index (χ2v) is 6.86. The number of amides is 2. The predicted octanol–water partition coefficient (Wildman–Crippen LogP) is 2.75. The summed E-state index contributed by atoms with van der Waals surface area (Å²) in [6.07, 6.45) is -4.65. The van der Waals surface area contributed by atoms with Crippen molar-refractivity contribution in [2.45, 2.75) is 33.0 Å². The Morgan fingerprint density at radius 2 is 1.96 bits per heavy atom. The van der Waals surface area contributed by atoms with Crippen LogP contribution in [0.15, 0.2) is 24.3 Å². The van der Waals surface area contributed by atoms with Gasteiger partial charge in [-0.2, -0.15) is 13.2 Å². The number of nitrogens with one attached hydrogen (secondary N) is 1. The number of benzene rings is 1. The van der Waals surface area contributed by atoms with Gasteiger partial charge in [-0.1, -0.05) is 26.0 Å². The Balaban J connectivity index is 1.80. The van der Waals surface area contributed by atoms with E-state index in [1.54, 1.807) is 12.1 Å². The van der Waals surface area contributed by atoms with Crippen molar-refractivity contribution in [3.8, 4) is 5.75 Å². The van der Waals surface area contributed by atoms with Gasteiger partial charge in [-0.05, 0) is 23.6 Å². The summed E-state index contributed by atoms with van der Waals surface area (Å²) in [4.78, 5) is 24.4. The van der Waals surface area contributed by atoms with Gasteiger partial charge in [0.05, 0.1) is 12.5 Å². The summed E-state index contributed by atoms with van der Waals surface area (Å²) >= 11 is 0. The van der Waals surface area contributed by atoms with Gasteiger partial charge in [0.25, 0.3) is 0 Å². The number of nitrogens with zero attached hydrogens (tertiary/aromatic N) is 1. The van der Waals surface area contributed by atoms with Crippen molar-refractivity contribution in [3.05, 3.63) is 29.8 Å². The Morgan fingerprint density at radius 3 is 2.54 bits per heavy atom. The fourth-order valence-electron chi connectivity index (χ4n) is 2.62. The van der Waals surface area contributed by atoms with Crippen LogP contribution in [0.2, 0.25) is 0 Å². The van der Waals surface area contributed by atoms with E-state index >= 15 is 0 Å². The fourth-order valence-corrected chi connectivity index (χ4v) is 2.62. The van der Waals surface area contributed by atoms with Crippen LogP contribution in [-0.4, -0.2) is 42.6 Å². The van der Waals surface area contributed by atoms with E-state index in [1.165, 1.54) is 0 Å². The first kappa shape index (κ1) is 20.1. The average molecular weight is 372 g/mol. The van der Waals surface area contributed by atoms with Gasteiger partial charge in [0.2, 0.25) is 11.8 Å². The second-order valence-electron chi connectivity index (χ2n) is 6.86. The van der Waals surface area contributed by atoms with Crippen LogP contribution in [0.1, 0.15) is 25.8 Å². The summed E-state index contributed by atoms with van der Waals surface area (Å²) in [5.74, 6) is -0.659. The van der Waals surface area contributed by atoms with Crippen LogP contribution in [0.5, 0.6) is 5.75 Å². The van der Waals surface area contributed by atoms with Crippen LogP contribution in [0.25, 0.3) is 0 Å². The van der Waals surface area contributed by atoms with E-state index in [4.69, 9.17) is 4.74 Å². The molecule has 1 N–H and O–H groups in total. The number of hydrogen-bond acceptors (Lipinski definition) is 3. The molecule has 26 heavy (non-hydrogen) atoms. The minimum absolute atomic E-state index is 0.191. The first-order valence-corrected chi connectivity index (χ1v) is 8.48. The smallest absolute Gasteiger partial charge is 0.406 e. The number of alkyl halides is 3. The van der Waals surface area contributed by atoms with E-state index in [-0.39, 0.29) is 19.5 Å². The van der Waals surface area contributed by atoms with Gasteiger partial charge >= 0.3 is 6.18 Å². The fraction of sp³-hybridized carbons (Fsp3) is 0.556. The molecule has 5 nitrogen and oxygen atoms in total. The molecule has 0 aromatic heterocycles. The number of likely N-dealkylation sites (tertiary alicyclic amines) is 1. The molecule has 1 aromatic carbocycles. The van der Waals surface area contributed by atoms with E-state index in [0.717, 1.165) is 11.3 Å². The molecule has 2 amide bonds. The third-order valence-electron chi connectivity index (χ3n) is 3.93. The number of carbonyl (C=O) groups is 2. The Bertz CT molecular complexity index is 630. The van der Waals surface area contributed by atoms with Crippen molar-refractivity contribution < 1.29 is 27.5 Å². The van der Waals surface area contributed by atoms with E-state index in [9.17, 15) is 22.8 Å². The highest BCUT2D eigenvalue weighted by Crippen LogP contribution is 2.24. The zero-order chi connectivity index (χ0) is 19.3. The third kappa shape index (κ3) is 6.24. The maximum atomic E-state index is 12.4. The lowest BCUT2D eigenvalue weighted by Crippen LogP contribution is -2.37. The second kappa shape index (κ2) is 8.42. The summed E-state index contributed by atoms with van der Waals surface area (Å²) in [6.45, 7) is 3.44. The molecule has 0 bridgehead atoms. The first-order valence-electron chi connectivity index (χ1n) is 8.48. The molecule has 2 rings (SSSR count). The van der Waals surface area contributed by atoms with Gasteiger partial charge in [0.1, 0.15) is 12.3 Å². The molecule has 1 aromatic rings. The molecule has 1 aliphatic heterocycles. The van der Waals surface area contributed by atoms with Gasteiger partial charge in [-0.15, -0.1) is 0 Å². The summed E-state index contributed by atoms with van der Waals surface area (Å²) in [7, 11) is 0. The van der Waals surface area contributed by atoms with Gasteiger partial charge in [0, 0.05) is 19.5 Å². The standard InChI is InChI=1S/C18H23F3N2O3/c1-12(2)10-26-15-5-3-13(4-6-15)8-22-17(25)14-7-16(24)23(9-14)11-18(19,20)21/h3-6,12,14H,7-11H2,1-2H3,(H,22,25). The van der Waals surface area contributed by atoms with Gasteiger partial charge in [-0.25, -0.2) is 0 Å². The number of ether oxygens (including phenoxy) is 1. The molecule has 144 valence electrons. The van der Waals surface area contributed by atoms with Gasteiger partial charge in [0.15, 0.2) is 0 Å². The summed E-state index contributed by atoms with van der Waals surface area (Å²) in [5, 5.41) is 2.67. The predicted molar refractivity (Wildman–Crippen MR) is 89.4 cm³/mol. The van der Waals surface area contributed by atoms with Crippen LogP contribution < -0.4 is 10.1 Å². The van der Waals surface area contributed by atoms with E-state index in [1.807, 2.05) is 26.0 Å². The topological polar surface area (TPSA) is 58.6 Å². The Hall–Kier alpha value is -2.25. The Labute approximate surface area is 150 Å². The zero-order valence-corrected chi connectivity index (χ0v) is 14.8. The van der Waals surface area contributed by atoms with Crippen LogP contribution >= 0.6 is 0 Å². The highest BCUT2D eigenvalue weighted by Gasteiger charge is 2.40. The van der Waals surface area contributed by atoms with Crippen molar-refractivity contribution in [1.82, 2.24) is 10.2 Å². The van der Waals surface area contributed by atoms with Crippen molar-refractivity contribution in [2.75, 3.05) is 19.7 Å². The maximum Gasteiger partial charge on any atom is 0.406 e. The summed E-state index contributed by atoms with van der Waals surface area (Å²) in [5.41, 5.74) is 0.840. The van der Waals surface area contributed by atoms with E-state index in [2.05, 4.69) is 5.32 Å². The molecule has 1 aliphatic rings. The van der Waals surface area contributed by atoms with Crippen molar-refractivity contribution >= 4 is 11.8 Å². The lowest BCUT2D eigenvalue weighted by atomic mass is 10.1. The minimum atomic E-state index is -4.46. The molecular weight excluding hydrogens is 349 g/mol. The van der Waals surface area contributed by atoms with E-state index in [0.29, 0.717) is 17.4 Å². The number of rotatable bonds is 7. The molecular formula is C18H23F3N2O3. The summed E-state index contributed by atoms with van der Waals surface area (Å²) < 4.78 is 42.8. The number of hydrogen-bond donors (Lipinski definition) is 1. The highest BCUT2D eigenvalue weighted by molar-refractivity contribution is 5.89. The molecule has 0 spiro atoms. The van der Waals surface area contributed by atoms with Crippen LogP contribution in [0.3, 0.4) is 0 Å². The quantitative estimate of drug-likeness (QED) is 0.801. The Morgan fingerprint density at radius 1 is 1.31 bits per heavy atom. The molecule has 0 aliphatic carbocycles. The largest absolute Gasteiger partial charge is 0.493 e. The van der Waals surface area contributed by atoms with Crippen LogP contribution in [-0.2, 0) is 16.1 Å². The number of halogens is 3. The molecule has 1 heterocycles. The average Bonchev–Trinajstić information content (AvgIpc) is 2.90. The molecule has 1 atom stereocenters. The SMILES string of the molecule is CC(C)COc1ccc(CNC(=O)C2CC(=O)N(CC(F)(F)F)C2)cc1. The monoisotopic (exact) mass is 372 g/mol. The van der Waals surface area contributed by atoms with E-state index < -0.39 is 30.5 Å². The van der Waals surface area contributed by atoms with Crippen molar-refractivity contribution in [3.63, 3.8) is 0 Å². The van der Waals surface area contributed by atoms with Crippen LogP contribution in [0, 0.1) is 11.8 Å². The minimum Gasteiger partial charge on any atom is -0.493 e. The number of carbonyl (C=O) groups excluding carboxylic acids is 2. The molecule has 1 fully saturated rings. The lowest BCUT2D eigenvalue weighted by Gasteiger charge is -2.18. The third-order valence-corrected chi connectivity index (χ3v) is 3.93. The lowest BCUT2D eigenvalue weighted by molar-refractivity contribution is -0.157. The normalized spacial score (nSPS) is 17.7. The molecule has 1 saturated heterocycles.